The van der Waals surface area contributed by atoms with Crippen LogP contribution in [0.5, 0.6) is 0 Å². The summed E-state index contributed by atoms with van der Waals surface area (Å²) >= 11 is 5.97. The number of nitrogens with zero attached hydrogens (tertiary/aromatic N) is 2. The van der Waals surface area contributed by atoms with E-state index in [1.54, 1.807) is 0 Å². The maximum atomic E-state index is 5.97. The van der Waals surface area contributed by atoms with Crippen LogP contribution in [0.1, 0.15) is 11.4 Å². The van der Waals surface area contributed by atoms with Crippen LogP contribution in [0, 0.1) is 6.92 Å². The highest BCUT2D eigenvalue weighted by Gasteiger charge is 2.07. The predicted octanol–water partition coefficient (Wildman–Crippen LogP) is 2.06. The molecular weight excluding hydrogens is 210 g/mol. The molecule has 2 rings (SSSR count). The van der Waals surface area contributed by atoms with Gasteiger partial charge in [0, 0.05) is 24.9 Å². The van der Waals surface area contributed by atoms with E-state index in [1.165, 1.54) is 5.69 Å². The molecule has 0 aliphatic carbocycles. The fourth-order valence-corrected chi connectivity index (χ4v) is 1.89. The van der Waals surface area contributed by atoms with E-state index < -0.39 is 0 Å². The van der Waals surface area contributed by atoms with Crippen molar-refractivity contribution >= 4 is 17.2 Å². The number of pyridine rings is 1. The first kappa shape index (κ1) is 10.5. The zero-order chi connectivity index (χ0) is 10.8. The van der Waals surface area contributed by atoms with E-state index in [0.29, 0.717) is 0 Å². The van der Waals surface area contributed by atoms with Crippen molar-refractivity contribution in [3.63, 3.8) is 0 Å². The monoisotopic (exact) mass is 223 g/mol. The summed E-state index contributed by atoms with van der Waals surface area (Å²) in [6, 6.07) is 3.81. The van der Waals surface area contributed by atoms with Crippen molar-refractivity contribution in [1.29, 1.82) is 0 Å². The molecule has 0 atom stereocenters. The summed E-state index contributed by atoms with van der Waals surface area (Å²) in [5.74, 6) is 0. The summed E-state index contributed by atoms with van der Waals surface area (Å²) in [5, 5.41) is 3.88. The van der Waals surface area contributed by atoms with Crippen LogP contribution < -0.4 is 5.32 Å². The molecule has 0 aliphatic heterocycles. The second-order valence-electron chi connectivity index (χ2n) is 3.57. The van der Waals surface area contributed by atoms with Crippen molar-refractivity contribution in [3.8, 4) is 0 Å². The molecule has 15 heavy (non-hydrogen) atoms. The number of rotatable bonds is 3. The molecule has 0 aromatic carbocycles. The lowest BCUT2D eigenvalue weighted by molar-refractivity contribution is 0.767. The van der Waals surface area contributed by atoms with E-state index in [-0.39, 0.29) is 0 Å². The average Bonchev–Trinajstić information content (AvgIpc) is 2.51. The standard InChI is InChI=1S/C11H14ClN3/c1-8-10(5-6-13-2)15-7-9(12)3-4-11(15)14-8/h3-4,7,13H,5-6H2,1-2H3. The summed E-state index contributed by atoms with van der Waals surface area (Å²) < 4.78 is 2.06. The summed E-state index contributed by atoms with van der Waals surface area (Å²) in [7, 11) is 1.95. The first-order valence-corrected chi connectivity index (χ1v) is 5.38. The Morgan fingerprint density at radius 1 is 1.47 bits per heavy atom. The van der Waals surface area contributed by atoms with E-state index in [1.807, 2.05) is 32.3 Å². The molecule has 2 aromatic heterocycles. The van der Waals surface area contributed by atoms with Crippen LogP contribution in [0.4, 0.5) is 0 Å². The molecule has 0 bridgehead atoms. The minimum atomic E-state index is 0.741. The van der Waals surface area contributed by atoms with E-state index in [2.05, 4.69) is 14.7 Å². The Kier molecular flexibility index (Phi) is 2.93. The van der Waals surface area contributed by atoms with Crippen molar-refractivity contribution in [1.82, 2.24) is 14.7 Å². The van der Waals surface area contributed by atoms with Gasteiger partial charge >= 0.3 is 0 Å². The number of hydrogen-bond donors (Lipinski definition) is 1. The molecule has 0 fully saturated rings. The maximum Gasteiger partial charge on any atom is 0.137 e. The van der Waals surface area contributed by atoms with Gasteiger partial charge in [0.2, 0.25) is 0 Å². The van der Waals surface area contributed by atoms with Gasteiger partial charge in [-0.15, -0.1) is 0 Å². The topological polar surface area (TPSA) is 29.3 Å². The number of aryl methyl sites for hydroxylation is 1. The van der Waals surface area contributed by atoms with E-state index >= 15 is 0 Å². The first-order valence-electron chi connectivity index (χ1n) is 5.00. The van der Waals surface area contributed by atoms with Gasteiger partial charge in [-0.05, 0) is 26.1 Å². The van der Waals surface area contributed by atoms with E-state index in [4.69, 9.17) is 11.6 Å². The zero-order valence-corrected chi connectivity index (χ0v) is 9.67. The van der Waals surface area contributed by atoms with E-state index in [9.17, 15) is 0 Å². The van der Waals surface area contributed by atoms with Crippen LogP contribution in [0.2, 0.25) is 5.02 Å². The molecule has 0 spiro atoms. The van der Waals surface area contributed by atoms with Gasteiger partial charge in [-0.2, -0.15) is 0 Å². The number of halogens is 1. The van der Waals surface area contributed by atoms with Crippen molar-refractivity contribution in [3.05, 3.63) is 34.7 Å². The summed E-state index contributed by atoms with van der Waals surface area (Å²) in [5.41, 5.74) is 3.26. The Balaban J connectivity index is 2.50. The van der Waals surface area contributed by atoms with Gasteiger partial charge in [0.15, 0.2) is 0 Å². The number of hydrogen-bond acceptors (Lipinski definition) is 2. The zero-order valence-electron chi connectivity index (χ0n) is 8.92. The molecule has 0 saturated heterocycles. The average molecular weight is 224 g/mol. The molecule has 0 amide bonds. The number of fused-ring (bicyclic) bond motifs is 1. The smallest absolute Gasteiger partial charge is 0.137 e. The largest absolute Gasteiger partial charge is 0.319 e. The number of likely N-dealkylation sites (N-methyl/N-ethyl adjacent to an activating group) is 1. The van der Waals surface area contributed by atoms with Gasteiger partial charge in [-0.1, -0.05) is 11.6 Å². The second-order valence-corrected chi connectivity index (χ2v) is 4.01. The molecular formula is C11H14ClN3. The lowest BCUT2D eigenvalue weighted by Gasteiger charge is -2.02. The molecule has 2 heterocycles. The molecule has 4 heteroatoms. The second kappa shape index (κ2) is 4.21. The fourth-order valence-electron chi connectivity index (χ4n) is 1.73. The predicted molar refractivity (Wildman–Crippen MR) is 62.6 cm³/mol. The lowest BCUT2D eigenvalue weighted by atomic mass is 10.2. The summed E-state index contributed by atoms with van der Waals surface area (Å²) in [6.07, 6.45) is 2.88. The van der Waals surface area contributed by atoms with Crippen LogP contribution in [-0.2, 0) is 6.42 Å². The third-order valence-corrected chi connectivity index (χ3v) is 2.72. The molecule has 0 radical (unpaired) electrons. The minimum Gasteiger partial charge on any atom is -0.319 e. The van der Waals surface area contributed by atoms with Gasteiger partial charge in [-0.3, -0.25) is 0 Å². The highest BCUT2D eigenvalue weighted by molar-refractivity contribution is 6.30. The van der Waals surface area contributed by atoms with Crippen molar-refractivity contribution in [2.24, 2.45) is 0 Å². The molecule has 80 valence electrons. The van der Waals surface area contributed by atoms with Gasteiger partial charge in [0.1, 0.15) is 5.65 Å². The fraction of sp³-hybridized carbons (Fsp3) is 0.364. The normalized spacial score (nSPS) is 11.1. The molecule has 1 N–H and O–H groups in total. The first-order chi connectivity index (χ1) is 7.22. The Labute approximate surface area is 94.1 Å². The quantitative estimate of drug-likeness (QED) is 0.863. The van der Waals surface area contributed by atoms with Crippen LogP contribution in [0.3, 0.4) is 0 Å². The Bertz CT molecular complexity index is 476. The third kappa shape index (κ3) is 1.98. The van der Waals surface area contributed by atoms with Gasteiger partial charge in [-0.25, -0.2) is 4.98 Å². The maximum absolute atomic E-state index is 5.97. The number of aromatic nitrogens is 2. The summed E-state index contributed by atoms with van der Waals surface area (Å²) in [6.45, 7) is 2.98. The Morgan fingerprint density at radius 2 is 2.27 bits per heavy atom. The van der Waals surface area contributed by atoms with E-state index in [0.717, 1.165) is 29.3 Å². The van der Waals surface area contributed by atoms with Crippen molar-refractivity contribution < 1.29 is 0 Å². The molecule has 0 aliphatic rings. The highest BCUT2D eigenvalue weighted by Crippen LogP contribution is 2.16. The lowest BCUT2D eigenvalue weighted by Crippen LogP contribution is -2.12. The van der Waals surface area contributed by atoms with Gasteiger partial charge < -0.3 is 9.72 Å². The molecule has 0 unspecified atom stereocenters. The summed E-state index contributed by atoms with van der Waals surface area (Å²) in [4.78, 5) is 4.48. The highest BCUT2D eigenvalue weighted by atomic mass is 35.5. The Morgan fingerprint density at radius 3 is 3.00 bits per heavy atom. The van der Waals surface area contributed by atoms with Crippen molar-refractivity contribution in [2.45, 2.75) is 13.3 Å². The SMILES string of the molecule is CNCCc1c(C)nc2ccc(Cl)cn12. The third-order valence-electron chi connectivity index (χ3n) is 2.49. The van der Waals surface area contributed by atoms with Crippen LogP contribution >= 0.6 is 11.6 Å². The van der Waals surface area contributed by atoms with Crippen LogP contribution in [0.15, 0.2) is 18.3 Å². The number of imidazole rings is 1. The molecule has 0 saturated carbocycles. The molecule has 2 aromatic rings. The van der Waals surface area contributed by atoms with Crippen molar-refractivity contribution in [2.75, 3.05) is 13.6 Å². The van der Waals surface area contributed by atoms with Crippen LogP contribution in [0.25, 0.3) is 5.65 Å². The number of nitrogens with one attached hydrogen (secondary N) is 1. The van der Waals surface area contributed by atoms with Gasteiger partial charge in [0.05, 0.1) is 10.7 Å². The van der Waals surface area contributed by atoms with Crippen LogP contribution in [-0.4, -0.2) is 23.0 Å². The van der Waals surface area contributed by atoms with Gasteiger partial charge in [0.25, 0.3) is 0 Å². The minimum absolute atomic E-state index is 0.741. The molecule has 3 nitrogen and oxygen atoms in total. The Hall–Kier alpha value is -1.06.